The summed E-state index contributed by atoms with van der Waals surface area (Å²) in [6.45, 7) is 1.000. The molecule has 0 heterocycles. The molecular formula is C17H20FN2O2+. The summed E-state index contributed by atoms with van der Waals surface area (Å²) in [6.07, 6.45) is 0. The molecule has 2 aromatic rings. The summed E-state index contributed by atoms with van der Waals surface area (Å²) in [6, 6.07) is 13.5. The number of hydrogen-bond donors (Lipinski definition) is 2. The van der Waals surface area contributed by atoms with E-state index in [1.807, 2.05) is 7.05 Å². The van der Waals surface area contributed by atoms with E-state index in [-0.39, 0.29) is 11.7 Å². The van der Waals surface area contributed by atoms with Gasteiger partial charge in [-0.05, 0) is 36.4 Å². The summed E-state index contributed by atoms with van der Waals surface area (Å²) in [5, 5.41) is 2.84. The van der Waals surface area contributed by atoms with Crippen molar-refractivity contribution >= 4 is 11.6 Å². The average Bonchev–Trinajstić information content (AvgIpc) is 2.50. The van der Waals surface area contributed by atoms with Crippen molar-refractivity contribution in [3.05, 3.63) is 59.9 Å². The molecule has 0 saturated heterocycles. The average molecular weight is 303 g/mol. The number of hydrogen-bond acceptors (Lipinski definition) is 2. The van der Waals surface area contributed by atoms with Crippen LogP contribution in [0.5, 0.6) is 5.75 Å². The molecule has 2 aromatic carbocycles. The molecule has 4 nitrogen and oxygen atoms in total. The van der Waals surface area contributed by atoms with Crippen LogP contribution in [0.25, 0.3) is 0 Å². The van der Waals surface area contributed by atoms with Crippen LogP contribution in [-0.2, 0) is 11.3 Å². The Morgan fingerprint density at radius 1 is 1.14 bits per heavy atom. The molecule has 2 rings (SSSR count). The first kappa shape index (κ1) is 16.0. The fourth-order valence-electron chi connectivity index (χ4n) is 2.17. The van der Waals surface area contributed by atoms with E-state index in [0.29, 0.717) is 13.1 Å². The van der Waals surface area contributed by atoms with Gasteiger partial charge in [0.05, 0.1) is 14.2 Å². The van der Waals surface area contributed by atoms with E-state index in [1.54, 1.807) is 43.5 Å². The molecule has 2 N–H and O–H groups in total. The van der Waals surface area contributed by atoms with Crippen molar-refractivity contribution in [2.24, 2.45) is 0 Å². The van der Waals surface area contributed by atoms with E-state index in [1.165, 1.54) is 12.1 Å². The van der Waals surface area contributed by atoms with Crippen molar-refractivity contribution in [1.29, 1.82) is 0 Å². The smallest absolute Gasteiger partial charge is 0.279 e. The monoisotopic (exact) mass is 303 g/mol. The van der Waals surface area contributed by atoms with Gasteiger partial charge in [0.15, 0.2) is 6.54 Å². The minimum Gasteiger partial charge on any atom is -0.497 e. The van der Waals surface area contributed by atoms with Gasteiger partial charge in [-0.3, -0.25) is 4.79 Å². The molecule has 0 aliphatic carbocycles. The second kappa shape index (κ2) is 7.56. The first-order chi connectivity index (χ1) is 10.6. The number of carbonyl (C=O) groups excluding carboxylic acids is 1. The summed E-state index contributed by atoms with van der Waals surface area (Å²) in [5.74, 6) is 0.431. The molecule has 0 aromatic heterocycles. The quantitative estimate of drug-likeness (QED) is 0.849. The molecule has 0 fully saturated rings. The van der Waals surface area contributed by atoms with E-state index in [4.69, 9.17) is 4.74 Å². The first-order valence-electron chi connectivity index (χ1n) is 7.06. The predicted octanol–water partition coefficient (Wildman–Crippen LogP) is 1.49. The lowest BCUT2D eigenvalue weighted by Gasteiger charge is -2.14. The Morgan fingerprint density at radius 3 is 2.36 bits per heavy atom. The number of quaternary nitrogens is 1. The summed E-state index contributed by atoms with van der Waals surface area (Å²) in [4.78, 5) is 13.0. The van der Waals surface area contributed by atoms with Gasteiger partial charge in [-0.15, -0.1) is 0 Å². The highest BCUT2D eigenvalue weighted by molar-refractivity contribution is 5.91. The summed E-state index contributed by atoms with van der Waals surface area (Å²) < 4.78 is 17.9. The number of likely N-dealkylation sites (N-methyl/N-ethyl adjacent to an activating group) is 1. The number of rotatable bonds is 6. The Kier molecular flexibility index (Phi) is 5.49. The molecule has 5 heteroatoms. The zero-order chi connectivity index (χ0) is 15.9. The maximum absolute atomic E-state index is 12.9. The largest absolute Gasteiger partial charge is 0.497 e. The summed E-state index contributed by atoms with van der Waals surface area (Å²) >= 11 is 0. The molecule has 22 heavy (non-hydrogen) atoms. The van der Waals surface area contributed by atoms with Crippen LogP contribution in [0.3, 0.4) is 0 Å². The van der Waals surface area contributed by atoms with Crippen molar-refractivity contribution in [2.75, 3.05) is 26.0 Å². The number of benzene rings is 2. The van der Waals surface area contributed by atoms with Gasteiger partial charge in [0.2, 0.25) is 0 Å². The number of methoxy groups -OCH3 is 1. The number of nitrogens with one attached hydrogen (secondary N) is 2. The molecule has 1 unspecified atom stereocenters. The van der Waals surface area contributed by atoms with Gasteiger partial charge in [-0.2, -0.15) is 0 Å². The van der Waals surface area contributed by atoms with Gasteiger partial charge in [-0.25, -0.2) is 4.39 Å². The standard InChI is InChI=1S/C17H19FN2O2/c1-20(11-13-3-5-14(18)6-4-13)12-17(21)19-15-7-9-16(22-2)10-8-15/h3-10H,11-12H2,1-2H3,(H,19,21)/p+1. The van der Waals surface area contributed by atoms with Gasteiger partial charge >= 0.3 is 0 Å². The molecule has 0 spiro atoms. The minimum absolute atomic E-state index is 0.0650. The Labute approximate surface area is 129 Å². The molecule has 1 atom stereocenters. The molecule has 1 amide bonds. The van der Waals surface area contributed by atoms with Crippen LogP contribution in [0.1, 0.15) is 5.56 Å². The van der Waals surface area contributed by atoms with E-state index < -0.39 is 0 Å². The van der Waals surface area contributed by atoms with Gasteiger partial charge < -0.3 is 15.0 Å². The van der Waals surface area contributed by atoms with Gasteiger partial charge in [0, 0.05) is 11.3 Å². The van der Waals surface area contributed by atoms with Crippen LogP contribution in [0, 0.1) is 5.82 Å². The topological polar surface area (TPSA) is 42.8 Å². The second-order valence-corrected chi connectivity index (χ2v) is 5.21. The second-order valence-electron chi connectivity index (χ2n) is 5.21. The van der Waals surface area contributed by atoms with Crippen molar-refractivity contribution < 1.29 is 18.8 Å². The zero-order valence-electron chi connectivity index (χ0n) is 12.7. The van der Waals surface area contributed by atoms with Crippen molar-refractivity contribution in [3.63, 3.8) is 0 Å². The third kappa shape index (κ3) is 4.86. The van der Waals surface area contributed by atoms with Crippen LogP contribution >= 0.6 is 0 Å². The predicted molar refractivity (Wildman–Crippen MR) is 83.5 cm³/mol. The minimum atomic E-state index is -0.251. The fourth-order valence-corrected chi connectivity index (χ4v) is 2.17. The van der Waals surface area contributed by atoms with Gasteiger partial charge in [0.25, 0.3) is 5.91 Å². The van der Waals surface area contributed by atoms with Crippen LogP contribution in [-0.4, -0.2) is 26.6 Å². The van der Waals surface area contributed by atoms with Crippen molar-refractivity contribution in [2.45, 2.75) is 6.54 Å². The van der Waals surface area contributed by atoms with Crippen LogP contribution < -0.4 is 15.0 Å². The highest BCUT2D eigenvalue weighted by Gasteiger charge is 2.11. The Bertz CT molecular complexity index is 612. The number of ether oxygens (including phenoxy) is 1. The van der Waals surface area contributed by atoms with E-state index in [9.17, 15) is 9.18 Å². The highest BCUT2D eigenvalue weighted by Crippen LogP contribution is 2.14. The van der Waals surface area contributed by atoms with Crippen molar-refractivity contribution in [3.8, 4) is 5.75 Å². The third-order valence-corrected chi connectivity index (χ3v) is 3.26. The molecular weight excluding hydrogens is 283 g/mol. The SMILES string of the molecule is COc1ccc(NC(=O)C[NH+](C)Cc2ccc(F)cc2)cc1. The lowest BCUT2D eigenvalue weighted by Crippen LogP contribution is -3.08. The highest BCUT2D eigenvalue weighted by atomic mass is 19.1. The molecule has 0 aliphatic heterocycles. The first-order valence-corrected chi connectivity index (χ1v) is 7.06. The maximum atomic E-state index is 12.9. The number of amides is 1. The zero-order valence-corrected chi connectivity index (χ0v) is 12.7. The Balaban J connectivity index is 1.83. The fraction of sp³-hybridized carbons (Fsp3) is 0.235. The number of carbonyl (C=O) groups is 1. The third-order valence-electron chi connectivity index (χ3n) is 3.26. The number of halogens is 1. The van der Waals surface area contributed by atoms with E-state index in [0.717, 1.165) is 21.9 Å². The Hall–Kier alpha value is -2.40. The molecule has 0 bridgehead atoms. The van der Waals surface area contributed by atoms with E-state index in [2.05, 4.69) is 5.32 Å². The molecule has 0 aliphatic rings. The van der Waals surface area contributed by atoms with Crippen LogP contribution in [0.2, 0.25) is 0 Å². The van der Waals surface area contributed by atoms with Gasteiger partial charge in [0.1, 0.15) is 18.1 Å². The molecule has 116 valence electrons. The number of anilines is 1. The summed E-state index contributed by atoms with van der Waals surface area (Å²) in [7, 11) is 3.53. The summed E-state index contributed by atoms with van der Waals surface area (Å²) in [5.41, 5.74) is 1.73. The lowest BCUT2D eigenvalue weighted by molar-refractivity contribution is -0.885. The van der Waals surface area contributed by atoms with E-state index >= 15 is 0 Å². The molecule has 0 saturated carbocycles. The maximum Gasteiger partial charge on any atom is 0.279 e. The molecule has 0 radical (unpaired) electrons. The van der Waals surface area contributed by atoms with Crippen molar-refractivity contribution in [1.82, 2.24) is 0 Å². The Morgan fingerprint density at radius 2 is 1.77 bits per heavy atom. The lowest BCUT2D eigenvalue weighted by atomic mass is 10.2. The van der Waals surface area contributed by atoms with Crippen LogP contribution in [0.4, 0.5) is 10.1 Å². The van der Waals surface area contributed by atoms with Gasteiger partial charge in [-0.1, -0.05) is 12.1 Å². The van der Waals surface area contributed by atoms with Crippen LogP contribution in [0.15, 0.2) is 48.5 Å². The normalized spacial score (nSPS) is 11.8.